The predicted octanol–water partition coefficient (Wildman–Crippen LogP) is 3.38. The number of nitrogens with zero attached hydrogens (tertiary/aromatic N) is 1. The summed E-state index contributed by atoms with van der Waals surface area (Å²) in [6.45, 7) is 1.47. The molecule has 1 unspecified atom stereocenters. The summed E-state index contributed by atoms with van der Waals surface area (Å²) in [5.74, 6) is -1.87. The van der Waals surface area contributed by atoms with Crippen LogP contribution in [0.3, 0.4) is 0 Å². The second kappa shape index (κ2) is 10.0. The summed E-state index contributed by atoms with van der Waals surface area (Å²) in [4.78, 5) is 35.6. The number of alkyl carbamates (subject to hydrolysis) is 1. The molecule has 10 heteroatoms. The van der Waals surface area contributed by atoms with E-state index in [0.29, 0.717) is 5.69 Å². The first-order valence-electron chi connectivity index (χ1n) is 10.6. The number of aromatic nitrogens is 1. The molecule has 0 bridgehead atoms. The van der Waals surface area contributed by atoms with Crippen molar-refractivity contribution in [3.05, 3.63) is 70.9 Å². The fraction of sp³-hybridized carbons (Fsp3) is 0.250. The van der Waals surface area contributed by atoms with E-state index < -0.39 is 24.1 Å². The minimum Gasteiger partial charge on any atom is -0.478 e. The number of carbonyl (C=O) groups excluding carboxylic acids is 2. The van der Waals surface area contributed by atoms with E-state index in [1.165, 1.54) is 6.92 Å². The summed E-state index contributed by atoms with van der Waals surface area (Å²) in [5, 5.41) is 24.3. The van der Waals surface area contributed by atoms with Crippen molar-refractivity contribution in [2.75, 3.05) is 18.5 Å². The van der Waals surface area contributed by atoms with Gasteiger partial charge in [0.2, 0.25) is 5.91 Å². The largest absolute Gasteiger partial charge is 0.478 e. The average molecular weight is 482 g/mol. The topological polar surface area (TPSA) is 138 Å². The number of ether oxygens (including phenoxy) is 1. The number of benzene rings is 2. The molecule has 176 valence electrons. The third kappa shape index (κ3) is 4.92. The molecule has 1 aromatic heterocycles. The molecule has 0 spiro atoms. The van der Waals surface area contributed by atoms with Crippen molar-refractivity contribution in [1.82, 2.24) is 9.69 Å². The number of rotatable bonds is 8. The average Bonchev–Trinajstić information content (AvgIpc) is 3.33. The molecular formula is C24H23N3O6S. The zero-order valence-corrected chi connectivity index (χ0v) is 19.1. The van der Waals surface area contributed by atoms with Crippen LogP contribution in [-0.2, 0) is 9.53 Å². The fourth-order valence-corrected chi connectivity index (χ4v) is 4.83. The third-order valence-electron chi connectivity index (χ3n) is 5.58. The van der Waals surface area contributed by atoms with Gasteiger partial charge in [-0.05, 0) is 40.7 Å². The zero-order valence-electron chi connectivity index (χ0n) is 18.3. The second-order valence-corrected chi connectivity index (χ2v) is 8.66. The first-order valence-corrected chi connectivity index (χ1v) is 11.4. The first-order chi connectivity index (χ1) is 16.3. The molecule has 1 aliphatic rings. The number of hydrogen-bond acceptors (Lipinski definition) is 7. The highest BCUT2D eigenvalue weighted by molar-refractivity contribution is 7.11. The summed E-state index contributed by atoms with van der Waals surface area (Å²) in [7, 11) is 0. The van der Waals surface area contributed by atoms with E-state index in [9.17, 15) is 24.6 Å². The first kappa shape index (κ1) is 23.4. The van der Waals surface area contributed by atoms with Gasteiger partial charge in [0.15, 0.2) is 0 Å². The molecule has 0 fully saturated rings. The minimum atomic E-state index is -1.20. The second-order valence-electron chi connectivity index (χ2n) is 7.89. The molecule has 2 amide bonds. The smallest absolute Gasteiger partial charge is 0.407 e. The predicted molar refractivity (Wildman–Crippen MR) is 126 cm³/mol. The van der Waals surface area contributed by atoms with Gasteiger partial charge in [-0.15, -0.1) is 0 Å². The van der Waals surface area contributed by atoms with Crippen LogP contribution in [0, 0.1) is 6.92 Å². The maximum atomic E-state index is 12.2. The molecule has 34 heavy (non-hydrogen) atoms. The normalized spacial score (nSPS) is 13.0. The Morgan fingerprint density at radius 3 is 2.32 bits per heavy atom. The number of aryl methyl sites for hydroxylation is 1. The van der Waals surface area contributed by atoms with Crippen molar-refractivity contribution in [2.45, 2.75) is 25.4 Å². The Morgan fingerprint density at radius 2 is 1.71 bits per heavy atom. The number of carbonyl (C=O) groups is 3. The maximum Gasteiger partial charge on any atom is 0.407 e. The molecule has 1 heterocycles. The van der Waals surface area contributed by atoms with Crippen LogP contribution >= 0.6 is 11.5 Å². The number of aliphatic hydroxyl groups is 1. The minimum absolute atomic E-state index is 0.0791. The number of carboxylic acids is 1. The van der Waals surface area contributed by atoms with E-state index in [1.807, 2.05) is 48.5 Å². The van der Waals surface area contributed by atoms with Crippen molar-refractivity contribution in [3.8, 4) is 11.1 Å². The molecule has 4 rings (SSSR count). The Kier molecular flexibility index (Phi) is 6.90. The van der Waals surface area contributed by atoms with Gasteiger partial charge >= 0.3 is 12.1 Å². The van der Waals surface area contributed by atoms with Gasteiger partial charge in [0, 0.05) is 12.5 Å². The van der Waals surface area contributed by atoms with E-state index in [1.54, 1.807) is 0 Å². The molecule has 0 saturated heterocycles. The van der Waals surface area contributed by atoms with Crippen LogP contribution in [0.15, 0.2) is 48.5 Å². The van der Waals surface area contributed by atoms with Crippen LogP contribution in [0.5, 0.6) is 0 Å². The van der Waals surface area contributed by atoms with E-state index in [-0.39, 0.29) is 36.1 Å². The molecule has 0 radical (unpaired) electrons. The summed E-state index contributed by atoms with van der Waals surface area (Å²) < 4.78 is 9.32. The van der Waals surface area contributed by atoms with Crippen molar-refractivity contribution in [1.29, 1.82) is 0 Å². The van der Waals surface area contributed by atoms with E-state index in [2.05, 4.69) is 15.0 Å². The lowest BCUT2D eigenvalue weighted by Gasteiger charge is -2.16. The van der Waals surface area contributed by atoms with Gasteiger partial charge in [0.05, 0.1) is 18.2 Å². The molecule has 3 aromatic rings. The molecule has 1 aliphatic carbocycles. The van der Waals surface area contributed by atoms with Gasteiger partial charge in [-0.1, -0.05) is 48.5 Å². The van der Waals surface area contributed by atoms with Crippen LogP contribution in [0.4, 0.5) is 9.80 Å². The lowest BCUT2D eigenvalue weighted by Crippen LogP contribution is -2.35. The van der Waals surface area contributed by atoms with Crippen LogP contribution in [-0.4, -0.2) is 51.8 Å². The van der Waals surface area contributed by atoms with Crippen molar-refractivity contribution < 1.29 is 29.3 Å². The molecule has 2 aromatic carbocycles. The molecule has 9 nitrogen and oxygen atoms in total. The van der Waals surface area contributed by atoms with E-state index >= 15 is 0 Å². The maximum absolute atomic E-state index is 12.2. The van der Waals surface area contributed by atoms with Gasteiger partial charge in [0.25, 0.3) is 0 Å². The molecular weight excluding hydrogens is 458 g/mol. The van der Waals surface area contributed by atoms with Crippen LogP contribution in [0.1, 0.15) is 39.5 Å². The number of fused-ring (bicyclic) bond motifs is 3. The SMILES string of the molecule is Cc1nsc(NC(=O)CC(O)CNC(=O)OCC2c3ccccc3-c3ccccc32)c1C(=O)O. The number of aliphatic hydroxyl groups excluding tert-OH is 1. The van der Waals surface area contributed by atoms with Gasteiger partial charge < -0.3 is 25.6 Å². The lowest BCUT2D eigenvalue weighted by atomic mass is 9.98. The van der Waals surface area contributed by atoms with Gasteiger partial charge in [0.1, 0.15) is 17.2 Å². The van der Waals surface area contributed by atoms with Gasteiger partial charge in [-0.2, -0.15) is 4.37 Å². The van der Waals surface area contributed by atoms with Gasteiger partial charge in [-0.25, -0.2) is 9.59 Å². The Labute approximate surface area is 199 Å². The monoisotopic (exact) mass is 481 g/mol. The highest BCUT2D eigenvalue weighted by Crippen LogP contribution is 2.44. The van der Waals surface area contributed by atoms with Crippen molar-refractivity contribution >= 4 is 34.5 Å². The molecule has 1 atom stereocenters. The molecule has 0 saturated carbocycles. The van der Waals surface area contributed by atoms with Gasteiger partial charge in [-0.3, -0.25) is 4.79 Å². The van der Waals surface area contributed by atoms with Crippen molar-refractivity contribution in [3.63, 3.8) is 0 Å². The molecule has 4 N–H and O–H groups in total. The number of amides is 2. The van der Waals surface area contributed by atoms with Crippen LogP contribution < -0.4 is 10.6 Å². The van der Waals surface area contributed by atoms with Crippen LogP contribution in [0.25, 0.3) is 11.1 Å². The highest BCUT2D eigenvalue weighted by Gasteiger charge is 2.29. The Hall–Kier alpha value is -3.76. The number of anilines is 1. The quantitative estimate of drug-likeness (QED) is 0.387. The number of aromatic carboxylic acids is 1. The third-order valence-corrected chi connectivity index (χ3v) is 6.43. The summed E-state index contributed by atoms with van der Waals surface area (Å²) >= 11 is 0.853. The zero-order chi connectivity index (χ0) is 24.2. The highest BCUT2D eigenvalue weighted by atomic mass is 32.1. The standard InChI is InChI=1S/C24H23N3O6S/c1-13-21(23(30)31)22(34-27-13)26-20(29)10-14(28)11-25-24(32)33-12-19-17-8-4-2-6-15(17)16-7-3-5-9-18(16)19/h2-9,14,19,28H,10-12H2,1H3,(H,25,32)(H,26,29)(H,30,31). The Balaban J connectivity index is 1.26. The number of nitrogens with one attached hydrogen (secondary N) is 2. The van der Waals surface area contributed by atoms with E-state index in [4.69, 9.17) is 4.74 Å². The summed E-state index contributed by atoms with van der Waals surface area (Å²) in [6, 6.07) is 16.0. The summed E-state index contributed by atoms with van der Waals surface area (Å²) in [6.07, 6.45) is -2.21. The number of carboxylic acid groups (broad SMARTS) is 1. The summed E-state index contributed by atoms with van der Waals surface area (Å²) in [5.41, 5.74) is 4.64. The number of hydrogen-bond donors (Lipinski definition) is 4. The lowest BCUT2D eigenvalue weighted by molar-refractivity contribution is -0.117. The van der Waals surface area contributed by atoms with Crippen LogP contribution in [0.2, 0.25) is 0 Å². The Bertz CT molecular complexity index is 1200. The fourth-order valence-electron chi connectivity index (χ4n) is 4.02. The Morgan fingerprint density at radius 1 is 1.09 bits per heavy atom. The van der Waals surface area contributed by atoms with E-state index in [0.717, 1.165) is 33.8 Å². The van der Waals surface area contributed by atoms with Crippen molar-refractivity contribution in [2.24, 2.45) is 0 Å². The molecule has 0 aliphatic heterocycles.